The highest BCUT2D eigenvalue weighted by molar-refractivity contribution is 6.01. The molecule has 0 amide bonds. The monoisotopic (exact) mass is 228 g/mol. The minimum atomic E-state index is -0.583. The van der Waals surface area contributed by atoms with Gasteiger partial charge in [0.1, 0.15) is 5.92 Å². The lowest BCUT2D eigenvalue weighted by molar-refractivity contribution is -0.154. The van der Waals surface area contributed by atoms with Crippen LogP contribution in [-0.4, -0.2) is 18.4 Å². The van der Waals surface area contributed by atoms with Crippen LogP contribution in [-0.2, 0) is 14.3 Å². The summed E-state index contributed by atoms with van der Waals surface area (Å²) in [7, 11) is 0. The van der Waals surface area contributed by atoms with E-state index in [1.165, 1.54) is 0 Å². The number of carbonyl (C=O) groups is 2. The van der Waals surface area contributed by atoms with Crippen LogP contribution in [0.4, 0.5) is 0 Å². The molecule has 16 heavy (non-hydrogen) atoms. The Morgan fingerprint density at radius 3 is 2.12 bits per heavy atom. The first-order valence-corrected chi connectivity index (χ1v) is 6.05. The summed E-state index contributed by atoms with van der Waals surface area (Å²) >= 11 is 0. The van der Waals surface area contributed by atoms with Gasteiger partial charge < -0.3 is 4.74 Å². The van der Waals surface area contributed by atoms with Crippen molar-refractivity contribution in [2.45, 2.75) is 53.9 Å². The van der Waals surface area contributed by atoms with E-state index in [-0.39, 0.29) is 11.8 Å². The van der Waals surface area contributed by atoms with Gasteiger partial charge in [-0.1, -0.05) is 40.5 Å². The maximum Gasteiger partial charge on any atom is 0.316 e. The molecule has 0 saturated carbocycles. The highest BCUT2D eigenvalue weighted by Crippen LogP contribution is 2.24. The lowest BCUT2D eigenvalue weighted by atomic mass is 9.81. The quantitative estimate of drug-likeness (QED) is 0.518. The zero-order chi connectivity index (χ0) is 12.8. The second-order valence-corrected chi connectivity index (χ2v) is 5.06. The Kier molecular flexibility index (Phi) is 6.31. The van der Waals surface area contributed by atoms with E-state index in [0.29, 0.717) is 13.0 Å². The molecule has 0 aliphatic heterocycles. The fraction of sp³-hybridized carbons (Fsp3) is 0.846. The Balaban J connectivity index is 4.66. The lowest BCUT2D eigenvalue weighted by Gasteiger charge is -2.23. The molecule has 0 aliphatic rings. The molecule has 0 N–H and O–H groups in total. The first-order chi connectivity index (χ1) is 7.34. The number of ketones is 1. The van der Waals surface area contributed by atoms with Gasteiger partial charge in [0.2, 0.25) is 0 Å². The molecule has 1 unspecified atom stereocenters. The summed E-state index contributed by atoms with van der Waals surface area (Å²) < 4.78 is 4.96. The van der Waals surface area contributed by atoms with Crippen LogP contribution in [0.15, 0.2) is 0 Å². The van der Waals surface area contributed by atoms with Crippen molar-refractivity contribution in [2.75, 3.05) is 6.61 Å². The summed E-state index contributed by atoms with van der Waals surface area (Å²) in [6.07, 6.45) is 2.46. The van der Waals surface area contributed by atoms with E-state index < -0.39 is 11.3 Å². The van der Waals surface area contributed by atoms with Crippen LogP contribution >= 0.6 is 0 Å². The van der Waals surface area contributed by atoms with Gasteiger partial charge in [-0.3, -0.25) is 9.59 Å². The van der Waals surface area contributed by atoms with Gasteiger partial charge in [0.15, 0.2) is 5.78 Å². The first kappa shape index (κ1) is 15.1. The molecule has 3 heteroatoms. The molecule has 0 aromatic rings. The summed E-state index contributed by atoms with van der Waals surface area (Å²) in [6.45, 7) is 9.66. The van der Waals surface area contributed by atoms with Crippen molar-refractivity contribution in [1.82, 2.24) is 0 Å². The van der Waals surface area contributed by atoms with Crippen molar-refractivity contribution in [1.29, 1.82) is 0 Å². The molecule has 0 bridgehead atoms. The molecule has 0 rings (SSSR count). The molecular weight excluding hydrogens is 204 g/mol. The minimum absolute atomic E-state index is 0.0144. The number of unbranched alkanes of at least 4 members (excludes halogenated alkanes) is 1. The third-order valence-corrected chi connectivity index (χ3v) is 2.47. The van der Waals surface area contributed by atoms with Crippen LogP contribution in [0.25, 0.3) is 0 Å². The molecule has 1 atom stereocenters. The highest BCUT2D eigenvalue weighted by atomic mass is 16.5. The van der Waals surface area contributed by atoms with Gasteiger partial charge in [0.05, 0.1) is 6.61 Å². The van der Waals surface area contributed by atoms with Crippen LogP contribution in [0.5, 0.6) is 0 Å². The SMILES string of the molecule is CCCCC(C(=O)OCC)C(=O)C(C)(C)C. The number of esters is 1. The molecule has 0 aliphatic carbocycles. The summed E-state index contributed by atoms with van der Waals surface area (Å²) in [5, 5.41) is 0. The maximum atomic E-state index is 12.1. The fourth-order valence-electron chi connectivity index (χ4n) is 1.53. The average molecular weight is 228 g/mol. The normalized spacial score (nSPS) is 13.3. The molecule has 0 aromatic carbocycles. The van der Waals surface area contributed by atoms with Crippen LogP contribution in [0, 0.1) is 11.3 Å². The summed E-state index contributed by atoms with van der Waals surface area (Å²) in [5.74, 6) is -0.963. The van der Waals surface area contributed by atoms with Gasteiger partial charge in [-0.2, -0.15) is 0 Å². The van der Waals surface area contributed by atoms with Crippen LogP contribution in [0.2, 0.25) is 0 Å². The van der Waals surface area contributed by atoms with Crippen LogP contribution in [0.1, 0.15) is 53.9 Å². The number of hydrogen-bond donors (Lipinski definition) is 0. The largest absolute Gasteiger partial charge is 0.465 e. The van der Waals surface area contributed by atoms with Gasteiger partial charge in [0.25, 0.3) is 0 Å². The number of Topliss-reactive ketones (excluding diaryl/α,β-unsaturated/α-hetero) is 1. The average Bonchev–Trinajstić information content (AvgIpc) is 2.17. The van der Waals surface area contributed by atoms with Gasteiger partial charge in [0, 0.05) is 5.41 Å². The van der Waals surface area contributed by atoms with E-state index in [4.69, 9.17) is 4.74 Å². The Hall–Kier alpha value is -0.860. The third-order valence-electron chi connectivity index (χ3n) is 2.47. The summed E-state index contributed by atoms with van der Waals surface area (Å²) in [6, 6.07) is 0. The third kappa shape index (κ3) is 4.77. The first-order valence-electron chi connectivity index (χ1n) is 6.05. The Bertz CT molecular complexity index is 238. The smallest absolute Gasteiger partial charge is 0.316 e. The zero-order valence-corrected chi connectivity index (χ0v) is 11.1. The predicted molar refractivity (Wildman–Crippen MR) is 64.1 cm³/mol. The van der Waals surface area contributed by atoms with E-state index >= 15 is 0 Å². The lowest BCUT2D eigenvalue weighted by Crippen LogP contribution is -2.34. The zero-order valence-electron chi connectivity index (χ0n) is 11.1. The molecule has 0 radical (unpaired) electrons. The van der Waals surface area contributed by atoms with E-state index in [9.17, 15) is 9.59 Å². The van der Waals surface area contributed by atoms with Gasteiger partial charge in [-0.15, -0.1) is 0 Å². The van der Waals surface area contributed by atoms with E-state index in [2.05, 4.69) is 0 Å². The Morgan fingerprint density at radius 2 is 1.75 bits per heavy atom. The Labute approximate surface area is 98.6 Å². The van der Waals surface area contributed by atoms with E-state index in [0.717, 1.165) is 12.8 Å². The molecular formula is C13H24O3. The van der Waals surface area contributed by atoms with Gasteiger partial charge in [-0.05, 0) is 13.3 Å². The van der Waals surface area contributed by atoms with E-state index in [1.54, 1.807) is 6.92 Å². The van der Waals surface area contributed by atoms with Crippen molar-refractivity contribution in [2.24, 2.45) is 11.3 Å². The number of carbonyl (C=O) groups excluding carboxylic acids is 2. The molecule has 0 saturated heterocycles. The maximum absolute atomic E-state index is 12.1. The van der Waals surface area contributed by atoms with Crippen LogP contribution < -0.4 is 0 Å². The Morgan fingerprint density at radius 1 is 1.19 bits per heavy atom. The van der Waals surface area contributed by atoms with Crippen molar-refractivity contribution < 1.29 is 14.3 Å². The molecule has 94 valence electrons. The van der Waals surface area contributed by atoms with Crippen molar-refractivity contribution in [3.05, 3.63) is 0 Å². The molecule has 3 nitrogen and oxygen atoms in total. The van der Waals surface area contributed by atoms with Gasteiger partial charge in [-0.25, -0.2) is 0 Å². The van der Waals surface area contributed by atoms with Crippen LogP contribution in [0.3, 0.4) is 0 Å². The molecule has 0 spiro atoms. The second kappa shape index (κ2) is 6.66. The number of rotatable bonds is 6. The topological polar surface area (TPSA) is 43.4 Å². The summed E-state index contributed by atoms with van der Waals surface area (Å²) in [4.78, 5) is 23.8. The second-order valence-electron chi connectivity index (χ2n) is 5.06. The standard InChI is InChI=1S/C13H24O3/c1-6-8-9-10(12(15)16-7-2)11(14)13(3,4)5/h10H,6-9H2,1-5H3. The van der Waals surface area contributed by atoms with Gasteiger partial charge >= 0.3 is 5.97 Å². The van der Waals surface area contributed by atoms with Crippen molar-refractivity contribution in [3.63, 3.8) is 0 Å². The van der Waals surface area contributed by atoms with Crippen molar-refractivity contribution >= 4 is 11.8 Å². The predicted octanol–water partition coefficient (Wildman–Crippen LogP) is 2.97. The van der Waals surface area contributed by atoms with E-state index in [1.807, 2.05) is 27.7 Å². The number of hydrogen-bond acceptors (Lipinski definition) is 3. The van der Waals surface area contributed by atoms with Crippen molar-refractivity contribution in [3.8, 4) is 0 Å². The molecule has 0 fully saturated rings. The number of ether oxygens (including phenoxy) is 1. The summed E-state index contributed by atoms with van der Waals surface area (Å²) in [5.41, 5.74) is -0.481. The molecule has 0 heterocycles. The highest BCUT2D eigenvalue weighted by Gasteiger charge is 2.34. The minimum Gasteiger partial charge on any atom is -0.465 e. The fourth-order valence-corrected chi connectivity index (χ4v) is 1.53. The molecule has 0 aromatic heterocycles.